The molecule has 6 nitrogen and oxygen atoms in total. The molecule has 0 radical (unpaired) electrons. The van der Waals surface area contributed by atoms with Crippen LogP contribution in [-0.4, -0.2) is 52.1 Å². The molecule has 1 fully saturated rings. The topological polar surface area (TPSA) is 78.3 Å². The Morgan fingerprint density at radius 3 is 2.95 bits per heavy atom. The fourth-order valence-corrected chi connectivity index (χ4v) is 2.58. The van der Waals surface area contributed by atoms with Crippen molar-refractivity contribution in [2.75, 3.05) is 26.2 Å². The van der Waals surface area contributed by atoms with E-state index in [9.17, 15) is 4.79 Å². The largest absolute Gasteiger partial charge is 0.478 e. The van der Waals surface area contributed by atoms with Gasteiger partial charge in [0.05, 0.1) is 5.69 Å². The highest BCUT2D eigenvalue weighted by molar-refractivity contribution is 5.88. The van der Waals surface area contributed by atoms with Gasteiger partial charge in [-0.2, -0.15) is 0 Å². The molecule has 1 unspecified atom stereocenters. The maximum Gasteiger partial charge on any atom is 0.339 e. The molecule has 6 heteroatoms. The van der Waals surface area contributed by atoms with E-state index < -0.39 is 5.97 Å². The number of rotatable bonds is 7. The number of nitrogens with one attached hydrogen (secondary N) is 1. The van der Waals surface area contributed by atoms with Gasteiger partial charge in [0.2, 0.25) is 0 Å². The van der Waals surface area contributed by atoms with Gasteiger partial charge in [-0.1, -0.05) is 6.92 Å². The van der Waals surface area contributed by atoms with Crippen LogP contribution in [-0.2, 0) is 6.54 Å². The second kappa shape index (κ2) is 7.31. The fraction of sp³-hybridized carbons (Fsp3) is 0.643. The number of aromatic carboxylic acids is 1. The predicted octanol–water partition coefficient (Wildman–Crippen LogP) is 0.996. The van der Waals surface area contributed by atoms with Crippen molar-refractivity contribution in [2.24, 2.45) is 5.92 Å². The zero-order valence-electron chi connectivity index (χ0n) is 11.9. The van der Waals surface area contributed by atoms with Gasteiger partial charge in [-0.15, -0.1) is 0 Å². The third-order valence-corrected chi connectivity index (χ3v) is 3.58. The van der Waals surface area contributed by atoms with Crippen molar-refractivity contribution in [2.45, 2.75) is 26.3 Å². The Labute approximate surface area is 119 Å². The number of hydrogen-bond donors (Lipinski definition) is 2. The molecule has 1 aromatic heterocycles. The second-order valence-corrected chi connectivity index (χ2v) is 5.43. The van der Waals surface area contributed by atoms with Gasteiger partial charge in [0.15, 0.2) is 0 Å². The van der Waals surface area contributed by atoms with Crippen LogP contribution in [0.5, 0.6) is 0 Å². The molecule has 2 rings (SSSR count). The first-order valence-corrected chi connectivity index (χ1v) is 7.12. The van der Waals surface area contributed by atoms with Crippen LogP contribution in [0.25, 0.3) is 0 Å². The number of carboxylic acid groups (broad SMARTS) is 1. The number of carboxylic acids is 1. The SMILES string of the molecule is CC(CNCc1ncncc1C(=O)O)CN1CCCC1. The number of hydrogen-bond acceptors (Lipinski definition) is 5. The van der Waals surface area contributed by atoms with Crippen LogP contribution in [0.15, 0.2) is 12.5 Å². The second-order valence-electron chi connectivity index (χ2n) is 5.43. The van der Waals surface area contributed by atoms with Crippen molar-refractivity contribution < 1.29 is 9.90 Å². The van der Waals surface area contributed by atoms with E-state index in [4.69, 9.17) is 5.11 Å². The van der Waals surface area contributed by atoms with Crippen molar-refractivity contribution in [1.82, 2.24) is 20.2 Å². The zero-order chi connectivity index (χ0) is 14.4. The smallest absolute Gasteiger partial charge is 0.339 e. The molecule has 0 bridgehead atoms. The lowest BCUT2D eigenvalue weighted by atomic mass is 10.1. The summed E-state index contributed by atoms with van der Waals surface area (Å²) in [5.74, 6) is -0.435. The van der Waals surface area contributed by atoms with Gasteiger partial charge < -0.3 is 15.3 Å². The van der Waals surface area contributed by atoms with Gasteiger partial charge in [0.25, 0.3) is 0 Å². The molecule has 1 aromatic rings. The summed E-state index contributed by atoms with van der Waals surface area (Å²) < 4.78 is 0. The minimum absolute atomic E-state index is 0.173. The molecule has 1 aliphatic heterocycles. The van der Waals surface area contributed by atoms with Crippen LogP contribution in [0.4, 0.5) is 0 Å². The Kier molecular flexibility index (Phi) is 5.43. The first-order chi connectivity index (χ1) is 9.66. The Morgan fingerprint density at radius 2 is 2.25 bits per heavy atom. The Hall–Kier alpha value is -1.53. The van der Waals surface area contributed by atoms with E-state index >= 15 is 0 Å². The third kappa shape index (κ3) is 4.25. The molecular formula is C14H22N4O2. The predicted molar refractivity (Wildman–Crippen MR) is 75.5 cm³/mol. The quantitative estimate of drug-likeness (QED) is 0.774. The van der Waals surface area contributed by atoms with Gasteiger partial charge in [-0.3, -0.25) is 0 Å². The van der Waals surface area contributed by atoms with Gasteiger partial charge in [0, 0.05) is 19.3 Å². The van der Waals surface area contributed by atoms with E-state index in [2.05, 4.69) is 27.1 Å². The standard InChI is InChI=1S/C14H22N4O2/c1-11(9-18-4-2-3-5-18)6-15-8-13-12(14(19)20)7-16-10-17-13/h7,10-11,15H,2-6,8-9H2,1H3,(H,19,20). The molecule has 2 N–H and O–H groups in total. The minimum Gasteiger partial charge on any atom is -0.478 e. The Bertz CT molecular complexity index is 447. The Morgan fingerprint density at radius 1 is 1.50 bits per heavy atom. The first kappa shape index (κ1) is 14.9. The summed E-state index contributed by atoms with van der Waals surface area (Å²) in [6.45, 7) is 7.05. The van der Waals surface area contributed by atoms with E-state index in [-0.39, 0.29) is 5.56 Å². The monoisotopic (exact) mass is 278 g/mol. The van der Waals surface area contributed by atoms with Crippen LogP contribution in [0, 0.1) is 5.92 Å². The van der Waals surface area contributed by atoms with Gasteiger partial charge in [-0.25, -0.2) is 14.8 Å². The Balaban J connectivity index is 1.76. The molecule has 0 saturated carbocycles. The molecule has 20 heavy (non-hydrogen) atoms. The number of likely N-dealkylation sites (tertiary alicyclic amines) is 1. The van der Waals surface area contributed by atoms with E-state index in [0.717, 1.165) is 13.1 Å². The lowest BCUT2D eigenvalue weighted by Gasteiger charge is -2.20. The number of nitrogens with zero attached hydrogens (tertiary/aromatic N) is 3. The van der Waals surface area contributed by atoms with Crippen molar-refractivity contribution in [3.63, 3.8) is 0 Å². The summed E-state index contributed by atoms with van der Waals surface area (Å²) >= 11 is 0. The lowest BCUT2D eigenvalue weighted by Crippen LogP contribution is -2.31. The van der Waals surface area contributed by atoms with E-state index in [1.807, 2.05) is 0 Å². The van der Waals surface area contributed by atoms with Crippen LogP contribution >= 0.6 is 0 Å². The van der Waals surface area contributed by atoms with Gasteiger partial charge >= 0.3 is 5.97 Å². The molecule has 110 valence electrons. The molecule has 1 atom stereocenters. The molecule has 0 amide bonds. The summed E-state index contributed by atoms with van der Waals surface area (Å²) in [7, 11) is 0. The summed E-state index contributed by atoms with van der Waals surface area (Å²) in [6.07, 6.45) is 5.35. The van der Waals surface area contributed by atoms with Crippen molar-refractivity contribution in [1.29, 1.82) is 0 Å². The maximum absolute atomic E-state index is 11.0. The molecule has 0 aromatic carbocycles. The van der Waals surface area contributed by atoms with E-state index in [1.165, 1.54) is 38.5 Å². The number of aromatic nitrogens is 2. The van der Waals surface area contributed by atoms with Gasteiger partial charge in [-0.05, 0) is 38.4 Å². The first-order valence-electron chi connectivity index (χ1n) is 7.12. The minimum atomic E-state index is -0.979. The molecule has 1 saturated heterocycles. The van der Waals surface area contributed by atoms with Gasteiger partial charge in [0.1, 0.15) is 11.9 Å². The summed E-state index contributed by atoms with van der Waals surface area (Å²) in [4.78, 5) is 21.3. The van der Waals surface area contributed by atoms with E-state index in [1.54, 1.807) is 0 Å². The van der Waals surface area contributed by atoms with Crippen molar-refractivity contribution >= 4 is 5.97 Å². The number of carbonyl (C=O) groups is 1. The van der Waals surface area contributed by atoms with Crippen LogP contribution in [0.3, 0.4) is 0 Å². The molecule has 0 aliphatic carbocycles. The normalized spacial score (nSPS) is 17.2. The summed E-state index contributed by atoms with van der Waals surface area (Å²) in [5.41, 5.74) is 0.716. The van der Waals surface area contributed by atoms with Crippen molar-refractivity contribution in [3.05, 3.63) is 23.8 Å². The molecule has 2 heterocycles. The third-order valence-electron chi connectivity index (χ3n) is 3.58. The zero-order valence-corrected chi connectivity index (χ0v) is 11.9. The van der Waals surface area contributed by atoms with Crippen LogP contribution < -0.4 is 5.32 Å². The molecule has 0 spiro atoms. The highest BCUT2D eigenvalue weighted by Crippen LogP contribution is 2.10. The van der Waals surface area contributed by atoms with Crippen LogP contribution in [0.2, 0.25) is 0 Å². The fourth-order valence-electron chi connectivity index (χ4n) is 2.58. The summed E-state index contributed by atoms with van der Waals surface area (Å²) in [6, 6.07) is 0. The van der Waals surface area contributed by atoms with Crippen molar-refractivity contribution in [3.8, 4) is 0 Å². The molecule has 1 aliphatic rings. The average molecular weight is 278 g/mol. The highest BCUT2D eigenvalue weighted by Gasteiger charge is 2.15. The molecular weight excluding hydrogens is 256 g/mol. The van der Waals surface area contributed by atoms with E-state index in [0.29, 0.717) is 18.2 Å². The summed E-state index contributed by atoms with van der Waals surface area (Å²) in [5, 5.41) is 12.3. The maximum atomic E-state index is 11.0. The lowest BCUT2D eigenvalue weighted by molar-refractivity contribution is 0.0694. The van der Waals surface area contributed by atoms with Crippen LogP contribution in [0.1, 0.15) is 35.8 Å². The highest BCUT2D eigenvalue weighted by atomic mass is 16.4. The average Bonchev–Trinajstić information content (AvgIpc) is 2.92.